The first kappa shape index (κ1) is 22.1. The number of nitrogens with zero attached hydrogens (tertiary/aromatic N) is 1. The van der Waals surface area contributed by atoms with E-state index in [1.165, 1.54) is 0 Å². The zero-order valence-electron chi connectivity index (χ0n) is 14.4. The molecule has 2 aromatic carbocycles. The monoisotopic (exact) mass is 586 g/mol. The summed E-state index contributed by atoms with van der Waals surface area (Å²) in [5.74, 6) is -0.212. The van der Waals surface area contributed by atoms with Crippen molar-refractivity contribution in [2.75, 3.05) is 31.5 Å². The predicted molar refractivity (Wildman–Crippen MR) is 107 cm³/mol. The van der Waals surface area contributed by atoms with Crippen LogP contribution in [0.25, 0.3) is 11.1 Å². The molecule has 0 atom stereocenters. The summed E-state index contributed by atoms with van der Waals surface area (Å²) in [5, 5.41) is 7.47. The molecule has 0 bridgehead atoms. The molecule has 0 amide bonds. The van der Waals surface area contributed by atoms with Crippen molar-refractivity contribution in [2.45, 2.75) is 6.42 Å². The maximum Gasteiger partial charge on any atom is 0.196 e. The number of ketones is 2. The molecule has 2 N–H and O–H groups in total. The molecule has 0 fully saturated rings. The second-order valence-electron chi connectivity index (χ2n) is 5.68. The molecule has 0 saturated heterocycles. The van der Waals surface area contributed by atoms with Gasteiger partial charge in [0.15, 0.2) is 11.6 Å². The van der Waals surface area contributed by atoms with Crippen molar-refractivity contribution >= 4 is 36.1 Å². The molecule has 0 aromatic heterocycles. The number of benzene rings is 2. The van der Waals surface area contributed by atoms with Gasteiger partial charge < -0.3 is 16.4 Å². The van der Waals surface area contributed by atoms with Crippen molar-refractivity contribution in [3.8, 4) is 0 Å². The molecule has 1 aliphatic rings. The van der Waals surface area contributed by atoms with Crippen LogP contribution in [0.3, 0.4) is 0 Å². The van der Waals surface area contributed by atoms with Crippen molar-refractivity contribution < 1.29 is 26.1 Å². The summed E-state index contributed by atoms with van der Waals surface area (Å²) in [6.07, 6.45) is 0.822. The summed E-state index contributed by atoms with van der Waals surface area (Å²) in [4.78, 5) is 25.5. The molecule has 0 radical (unpaired) electrons. The summed E-state index contributed by atoms with van der Waals surface area (Å²) >= 11 is -0.472. The van der Waals surface area contributed by atoms with Gasteiger partial charge in [-0.1, -0.05) is 42.8 Å². The van der Waals surface area contributed by atoms with Crippen LogP contribution in [0.4, 0.5) is 5.69 Å². The third kappa shape index (κ3) is 5.63. The molecule has 1 aliphatic carbocycles. The third-order valence-electron chi connectivity index (χ3n) is 4.03. The number of carbonyl (C=O) groups is 2. The van der Waals surface area contributed by atoms with Crippen LogP contribution in [0.1, 0.15) is 38.3 Å². The predicted octanol–water partition coefficient (Wildman–Crippen LogP) is 5.07. The molecule has 2 aromatic rings. The van der Waals surface area contributed by atoms with Crippen molar-refractivity contribution in [1.29, 1.82) is 0 Å². The molecular formula is C19H19Cl2N3O2Pt. The molecule has 3 rings (SSSR count). The SMILES string of the molecule is [Cl][Pt+2][Cl].[NH-]CC[N-]CCCNc1cccc2c1C(=O)c1ccccc1C2=O. The number of rotatable bonds is 7. The number of fused-ring (bicyclic) bond motifs is 2. The number of anilines is 1. The number of halogens is 2. The Labute approximate surface area is 175 Å². The molecule has 27 heavy (non-hydrogen) atoms. The van der Waals surface area contributed by atoms with E-state index in [-0.39, 0.29) is 11.6 Å². The standard InChI is InChI=1S/C19H19N3O2.2ClH.Pt/c20-9-12-21-10-4-11-22-16-8-3-7-15-17(16)19(24)14-6-2-1-5-13(14)18(15)23;;;/h1-3,5-8,20,22H,4,9-12H2;2*1H;/q-2;;;+4/p-2. The van der Waals surface area contributed by atoms with Gasteiger partial charge in [-0.2, -0.15) is 13.1 Å². The van der Waals surface area contributed by atoms with Crippen LogP contribution in [0, 0.1) is 0 Å². The molecule has 0 saturated carbocycles. The van der Waals surface area contributed by atoms with Crippen LogP contribution < -0.4 is 5.32 Å². The topological polar surface area (TPSA) is 84.1 Å². The summed E-state index contributed by atoms with van der Waals surface area (Å²) in [6.45, 7) is 2.23. The molecule has 5 nitrogen and oxygen atoms in total. The van der Waals surface area contributed by atoms with Gasteiger partial charge in [-0.15, -0.1) is 6.54 Å². The van der Waals surface area contributed by atoms with Crippen molar-refractivity contribution in [2.24, 2.45) is 0 Å². The van der Waals surface area contributed by atoms with E-state index in [1.54, 1.807) is 36.4 Å². The number of hydrogen-bond acceptors (Lipinski definition) is 3. The summed E-state index contributed by atoms with van der Waals surface area (Å²) in [7, 11) is 9.75. The Bertz CT molecular complexity index is 802. The number of nitrogens with one attached hydrogen (secondary N) is 2. The molecule has 0 spiro atoms. The van der Waals surface area contributed by atoms with Crippen LogP contribution in [-0.2, 0) is 16.5 Å². The molecule has 8 heteroatoms. The summed E-state index contributed by atoms with van der Waals surface area (Å²) in [6, 6.07) is 12.3. The van der Waals surface area contributed by atoms with E-state index in [2.05, 4.69) is 10.6 Å². The van der Waals surface area contributed by atoms with Crippen molar-refractivity contribution in [1.82, 2.24) is 0 Å². The van der Waals surface area contributed by atoms with Crippen LogP contribution in [-0.4, -0.2) is 37.7 Å². The maximum absolute atomic E-state index is 12.8. The van der Waals surface area contributed by atoms with Gasteiger partial charge in [-0.3, -0.25) is 9.59 Å². The third-order valence-corrected chi connectivity index (χ3v) is 4.03. The van der Waals surface area contributed by atoms with Gasteiger partial charge in [0.05, 0.1) is 5.56 Å². The van der Waals surface area contributed by atoms with Crippen LogP contribution in [0.5, 0.6) is 0 Å². The van der Waals surface area contributed by atoms with Gasteiger partial charge in [0.1, 0.15) is 0 Å². The molecule has 146 valence electrons. The average molecular weight is 587 g/mol. The van der Waals surface area contributed by atoms with Gasteiger partial charge in [-0.25, -0.2) is 0 Å². The van der Waals surface area contributed by atoms with E-state index in [1.807, 2.05) is 6.07 Å². The Morgan fingerprint density at radius 2 is 1.56 bits per heavy atom. The van der Waals surface area contributed by atoms with E-state index in [0.717, 1.165) is 6.42 Å². The fraction of sp³-hybridized carbons (Fsp3) is 0.263. The molecular weight excluding hydrogens is 568 g/mol. The Morgan fingerprint density at radius 3 is 2.22 bits per heavy atom. The van der Waals surface area contributed by atoms with Crippen LogP contribution >= 0.6 is 18.8 Å². The summed E-state index contributed by atoms with van der Waals surface area (Å²) < 4.78 is 0. The first-order valence-electron chi connectivity index (χ1n) is 8.31. The normalized spacial score (nSPS) is 12.1. The average Bonchev–Trinajstić information content (AvgIpc) is 2.69. The van der Waals surface area contributed by atoms with Crippen molar-refractivity contribution in [3.63, 3.8) is 0 Å². The van der Waals surface area contributed by atoms with Crippen molar-refractivity contribution in [3.05, 3.63) is 75.8 Å². The Balaban J connectivity index is 0.000000817. The van der Waals surface area contributed by atoms with Crippen LogP contribution in [0.15, 0.2) is 42.5 Å². The second-order valence-corrected chi connectivity index (χ2v) is 8.96. The van der Waals surface area contributed by atoms with Gasteiger partial charge in [0, 0.05) is 28.9 Å². The fourth-order valence-corrected chi connectivity index (χ4v) is 2.90. The van der Waals surface area contributed by atoms with E-state index in [0.29, 0.717) is 54.1 Å². The van der Waals surface area contributed by atoms with Gasteiger partial charge in [0.25, 0.3) is 0 Å². The largest absolute Gasteiger partial charge is 0.679 e. The Morgan fingerprint density at radius 1 is 0.926 bits per heavy atom. The number of carbonyl (C=O) groups excluding carboxylic acids is 2. The smallest absolute Gasteiger partial charge is 0.196 e. The van der Waals surface area contributed by atoms with E-state index < -0.39 is 16.5 Å². The van der Waals surface area contributed by atoms with E-state index in [9.17, 15) is 9.59 Å². The van der Waals surface area contributed by atoms with Gasteiger partial charge >= 0.3 is 35.3 Å². The quantitative estimate of drug-likeness (QED) is 0.392. The summed E-state index contributed by atoms with van der Waals surface area (Å²) in [5.41, 5.74) is 9.60. The maximum atomic E-state index is 12.8. The van der Waals surface area contributed by atoms with Crippen LogP contribution in [0.2, 0.25) is 0 Å². The Hall–Kier alpha value is -1.23. The molecule has 0 unspecified atom stereocenters. The Kier molecular flexibility index (Phi) is 9.46. The van der Waals surface area contributed by atoms with Gasteiger partial charge in [0.2, 0.25) is 0 Å². The zero-order valence-corrected chi connectivity index (χ0v) is 18.2. The first-order chi connectivity index (χ1) is 13.2. The minimum atomic E-state index is -0.472. The minimum absolute atomic E-state index is 0.103. The fourth-order valence-electron chi connectivity index (χ4n) is 2.90. The van der Waals surface area contributed by atoms with E-state index >= 15 is 0 Å². The molecule has 0 heterocycles. The second kappa shape index (κ2) is 11.6. The molecule has 0 aliphatic heterocycles. The first-order valence-corrected chi connectivity index (χ1v) is 13.9. The van der Waals surface area contributed by atoms with E-state index in [4.69, 9.17) is 24.6 Å². The minimum Gasteiger partial charge on any atom is -0.679 e. The number of hydrogen-bond donors (Lipinski definition) is 1. The van der Waals surface area contributed by atoms with Gasteiger partial charge in [-0.05, 0) is 6.07 Å². The zero-order chi connectivity index (χ0) is 19.6.